The molecule has 10 nitrogen and oxygen atoms in total. The number of aliphatic hydroxyl groups excluding tert-OH is 3. The summed E-state index contributed by atoms with van der Waals surface area (Å²) in [5.74, 6) is -1.34. The van der Waals surface area contributed by atoms with E-state index < -0.39 is 43.3 Å². The zero-order chi connectivity index (χ0) is 23.3. The lowest BCUT2D eigenvalue weighted by Gasteiger charge is -2.41. The first-order valence-electron chi connectivity index (χ1n) is 9.57. The SMILES string of the molecule is O=Cc1ccc(O[C@@H]2O[C@H](CO)[C@@H](OC(=O)/C=C/c3ccc(O)c(O)c3)[C@H](O)[C@H]2O)cc1. The van der Waals surface area contributed by atoms with Crippen LogP contribution in [0.15, 0.2) is 48.5 Å². The fourth-order valence-corrected chi connectivity index (χ4v) is 3.04. The van der Waals surface area contributed by atoms with Crippen molar-refractivity contribution in [1.82, 2.24) is 0 Å². The maximum atomic E-state index is 12.2. The summed E-state index contributed by atoms with van der Waals surface area (Å²) >= 11 is 0. The van der Waals surface area contributed by atoms with E-state index in [1.54, 1.807) is 0 Å². The standard InChI is InChI=1S/C22H22O10/c23-10-13-1-5-14(6-2-13)30-22-20(29)19(28)21(17(11-24)31-22)32-18(27)8-4-12-3-7-15(25)16(26)9-12/h1-10,17,19-22,24-26,28-29H,11H2/b8-4+/t17-,19-,20-,21-,22-/m1/s1. The third-order valence-electron chi connectivity index (χ3n) is 4.75. The number of benzene rings is 2. The summed E-state index contributed by atoms with van der Waals surface area (Å²) in [6.45, 7) is -0.638. The van der Waals surface area contributed by atoms with Crippen molar-refractivity contribution >= 4 is 18.3 Å². The fraction of sp³-hybridized carbons (Fsp3) is 0.273. The highest BCUT2D eigenvalue weighted by Crippen LogP contribution is 2.27. The number of rotatable bonds is 7. The smallest absolute Gasteiger partial charge is 0.331 e. The number of hydrogen-bond donors (Lipinski definition) is 5. The molecular formula is C22H22O10. The number of hydrogen-bond acceptors (Lipinski definition) is 10. The number of ether oxygens (including phenoxy) is 3. The summed E-state index contributed by atoms with van der Waals surface area (Å²) in [5.41, 5.74) is 0.809. The van der Waals surface area contributed by atoms with Gasteiger partial charge in [-0.15, -0.1) is 0 Å². The highest BCUT2D eigenvalue weighted by Gasteiger charge is 2.47. The van der Waals surface area contributed by atoms with Gasteiger partial charge in [-0.25, -0.2) is 4.79 Å². The van der Waals surface area contributed by atoms with E-state index in [1.807, 2.05) is 0 Å². The number of carbonyl (C=O) groups excluding carboxylic acids is 2. The van der Waals surface area contributed by atoms with Crippen molar-refractivity contribution in [1.29, 1.82) is 0 Å². The van der Waals surface area contributed by atoms with Gasteiger partial charge < -0.3 is 39.7 Å². The van der Waals surface area contributed by atoms with Gasteiger partial charge in [0.2, 0.25) is 6.29 Å². The van der Waals surface area contributed by atoms with Crippen LogP contribution in [0.5, 0.6) is 17.2 Å². The van der Waals surface area contributed by atoms with Gasteiger partial charge in [0.15, 0.2) is 17.6 Å². The van der Waals surface area contributed by atoms with Crippen LogP contribution in [0.4, 0.5) is 0 Å². The van der Waals surface area contributed by atoms with Gasteiger partial charge in [-0.1, -0.05) is 6.07 Å². The zero-order valence-electron chi connectivity index (χ0n) is 16.6. The van der Waals surface area contributed by atoms with Gasteiger partial charge in [-0.2, -0.15) is 0 Å². The first kappa shape index (κ1) is 23.2. The van der Waals surface area contributed by atoms with Gasteiger partial charge in [0.05, 0.1) is 6.61 Å². The topological polar surface area (TPSA) is 163 Å². The molecule has 5 atom stereocenters. The Bertz CT molecular complexity index is 969. The quantitative estimate of drug-likeness (QED) is 0.174. The van der Waals surface area contributed by atoms with E-state index in [9.17, 15) is 35.1 Å². The summed E-state index contributed by atoms with van der Waals surface area (Å²) in [5, 5.41) is 49.2. The lowest BCUT2D eigenvalue weighted by molar-refractivity contribution is -0.280. The van der Waals surface area contributed by atoms with E-state index in [0.29, 0.717) is 17.4 Å². The summed E-state index contributed by atoms with van der Waals surface area (Å²) in [4.78, 5) is 22.9. The molecule has 1 fully saturated rings. The molecule has 10 heteroatoms. The van der Waals surface area contributed by atoms with Gasteiger partial charge in [-0.3, -0.25) is 4.79 Å². The molecule has 170 valence electrons. The molecule has 2 aromatic carbocycles. The van der Waals surface area contributed by atoms with Crippen LogP contribution in [0.1, 0.15) is 15.9 Å². The molecule has 1 heterocycles. The van der Waals surface area contributed by atoms with Crippen LogP contribution in [0.25, 0.3) is 6.08 Å². The molecule has 1 saturated heterocycles. The second-order valence-corrected chi connectivity index (χ2v) is 6.99. The van der Waals surface area contributed by atoms with Gasteiger partial charge in [0, 0.05) is 11.6 Å². The van der Waals surface area contributed by atoms with Crippen molar-refractivity contribution in [3.05, 3.63) is 59.7 Å². The molecule has 0 amide bonds. The molecule has 32 heavy (non-hydrogen) atoms. The zero-order valence-corrected chi connectivity index (χ0v) is 16.6. The number of esters is 1. The Hall–Kier alpha value is -3.44. The third kappa shape index (κ3) is 5.42. The van der Waals surface area contributed by atoms with Crippen molar-refractivity contribution in [2.45, 2.75) is 30.7 Å². The second kappa shape index (κ2) is 10.2. The number of phenolic OH excluding ortho intramolecular Hbond substituents is 2. The Balaban J connectivity index is 1.65. The van der Waals surface area contributed by atoms with E-state index in [4.69, 9.17) is 14.2 Å². The molecule has 0 aromatic heterocycles. The molecule has 0 radical (unpaired) electrons. The molecule has 1 aliphatic rings. The summed E-state index contributed by atoms with van der Waals surface area (Å²) in [6.07, 6.45) is -4.23. The van der Waals surface area contributed by atoms with Crippen molar-refractivity contribution in [3.8, 4) is 17.2 Å². The molecule has 0 unspecified atom stereocenters. The summed E-state index contributed by atoms with van der Waals surface area (Å²) < 4.78 is 16.1. The molecule has 0 spiro atoms. The lowest BCUT2D eigenvalue weighted by Crippen LogP contribution is -2.61. The van der Waals surface area contributed by atoms with Crippen LogP contribution in [-0.4, -0.2) is 75.1 Å². The van der Waals surface area contributed by atoms with Gasteiger partial charge in [0.1, 0.15) is 30.3 Å². The molecule has 0 saturated carbocycles. The van der Waals surface area contributed by atoms with Crippen LogP contribution in [0.3, 0.4) is 0 Å². The summed E-state index contributed by atoms with van der Waals surface area (Å²) in [6, 6.07) is 9.83. The minimum absolute atomic E-state index is 0.249. The maximum Gasteiger partial charge on any atom is 0.331 e. The number of phenols is 2. The second-order valence-electron chi connectivity index (χ2n) is 6.99. The average molecular weight is 446 g/mol. The van der Waals surface area contributed by atoms with Crippen molar-refractivity contribution in [3.63, 3.8) is 0 Å². The van der Waals surface area contributed by atoms with Crippen molar-refractivity contribution in [2.24, 2.45) is 0 Å². The predicted octanol–water partition coefficient (Wildman–Crippen LogP) is 0.353. The van der Waals surface area contributed by atoms with E-state index in [2.05, 4.69) is 0 Å². The Morgan fingerprint density at radius 2 is 1.69 bits per heavy atom. The Labute approximate surface area is 182 Å². The van der Waals surface area contributed by atoms with Gasteiger partial charge >= 0.3 is 5.97 Å². The maximum absolute atomic E-state index is 12.2. The van der Waals surface area contributed by atoms with E-state index >= 15 is 0 Å². The first-order valence-corrected chi connectivity index (χ1v) is 9.57. The number of aliphatic hydroxyl groups is 3. The Kier molecular flexibility index (Phi) is 7.44. The molecule has 0 bridgehead atoms. The monoisotopic (exact) mass is 446 g/mol. The molecule has 2 aromatic rings. The number of aromatic hydroxyl groups is 2. The Morgan fingerprint density at radius 3 is 2.31 bits per heavy atom. The van der Waals surface area contributed by atoms with Gasteiger partial charge in [0.25, 0.3) is 0 Å². The van der Waals surface area contributed by atoms with Crippen LogP contribution >= 0.6 is 0 Å². The highest BCUT2D eigenvalue weighted by molar-refractivity contribution is 5.87. The third-order valence-corrected chi connectivity index (χ3v) is 4.75. The predicted molar refractivity (Wildman–Crippen MR) is 109 cm³/mol. The number of carbonyl (C=O) groups is 2. The Morgan fingerprint density at radius 1 is 1.00 bits per heavy atom. The summed E-state index contributed by atoms with van der Waals surface area (Å²) in [7, 11) is 0. The molecule has 1 aliphatic heterocycles. The minimum Gasteiger partial charge on any atom is -0.504 e. The normalized spacial score (nSPS) is 25.4. The molecular weight excluding hydrogens is 424 g/mol. The van der Waals surface area contributed by atoms with Crippen LogP contribution in [0.2, 0.25) is 0 Å². The van der Waals surface area contributed by atoms with Gasteiger partial charge in [-0.05, 0) is 48.0 Å². The fourth-order valence-electron chi connectivity index (χ4n) is 3.04. The average Bonchev–Trinajstić information content (AvgIpc) is 2.80. The van der Waals surface area contributed by atoms with Crippen LogP contribution in [0, 0.1) is 0 Å². The van der Waals surface area contributed by atoms with Crippen LogP contribution < -0.4 is 4.74 Å². The van der Waals surface area contributed by atoms with E-state index in [0.717, 1.165) is 6.08 Å². The molecule has 0 aliphatic carbocycles. The first-order chi connectivity index (χ1) is 15.3. The molecule has 5 N–H and O–H groups in total. The lowest BCUT2D eigenvalue weighted by atomic mass is 9.99. The van der Waals surface area contributed by atoms with Crippen molar-refractivity contribution in [2.75, 3.05) is 6.61 Å². The van der Waals surface area contributed by atoms with Crippen molar-refractivity contribution < 1.29 is 49.3 Å². The van der Waals surface area contributed by atoms with Crippen LogP contribution in [-0.2, 0) is 14.3 Å². The largest absolute Gasteiger partial charge is 0.504 e. The van der Waals surface area contributed by atoms with E-state index in [-0.39, 0.29) is 17.2 Å². The minimum atomic E-state index is -1.63. The number of aldehydes is 1. The van der Waals surface area contributed by atoms with E-state index in [1.165, 1.54) is 48.5 Å². The molecule has 3 rings (SSSR count). The highest BCUT2D eigenvalue weighted by atomic mass is 16.7.